The molecule has 0 aromatic carbocycles. The highest BCUT2D eigenvalue weighted by Gasteiger charge is 2.27. The number of rotatable bonds is 6. The van der Waals surface area contributed by atoms with Crippen LogP contribution in [0.2, 0.25) is 0 Å². The SMILES string of the molecule is CCN(CCC(=O)OC(C)(C)C)C(N)C(=O)OC(C)(C)C. The average molecular weight is 302 g/mol. The molecule has 2 N–H and O–H groups in total. The van der Waals surface area contributed by atoms with Gasteiger partial charge in [-0.15, -0.1) is 0 Å². The molecule has 6 heteroatoms. The number of hydrogen-bond donors (Lipinski definition) is 1. The van der Waals surface area contributed by atoms with E-state index in [1.807, 2.05) is 27.7 Å². The van der Waals surface area contributed by atoms with E-state index in [9.17, 15) is 9.59 Å². The molecule has 0 radical (unpaired) electrons. The van der Waals surface area contributed by atoms with Crippen molar-refractivity contribution < 1.29 is 19.1 Å². The van der Waals surface area contributed by atoms with Crippen molar-refractivity contribution in [2.45, 2.75) is 72.3 Å². The summed E-state index contributed by atoms with van der Waals surface area (Å²) in [5, 5.41) is 0. The van der Waals surface area contributed by atoms with Crippen LogP contribution in [0, 0.1) is 0 Å². The number of esters is 2. The van der Waals surface area contributed by atoms with Crippen LogP contribution in [0.3, 0.4) is 0 Å². The Morgan fingerprint density at radius 3 is 1.90 bits per heavy atom. The Labute approximate surface area is 127 Å². The summed E-state index contributed by atoms with van der Waals surface area (Å²) in [5.74, 6) is -0.800. The molecule has 0 aromatic rings. The summed E-state index contributed by atoms with van der Waals surface area (Å²) in [4.78, 5) is 25.3. The molecule has 0 bridgehead atoms. The van der Waals surface area contributed by atoms with Crippen LogP contribution in [0.5, 0.6) is 0 Å². The molecular formula is C15H30N2O4. The van der Waals surface area contributed by atoms with E-state index in [4.69, 9.17) is 15.2 Å². The van der Waals surface area contributed by atoms with Gasteiger partial charge in [0.2, 0.25) is 0 Å². The third kappa shape index (κ3) is 9.42. The van der Waals surface area contributed by atoms with Crippen LogP contribution in [-0.4, -0.2) is 47.3 Å². The number of carbonyl (C=O) groups excluding carboxylic acids is 2. The van der Waals surface area contributed by atoms with E-state index in [2.05, 4.69) is 0 Å². The number of hydrogen-bond acceptors (Lipinski definition) is 6. The zero-order valence-electron chi connectivity index (χ0n) is 14.4. The van der Waals surface area contributed by atoms with Crippen molar-refractivity contribution in [1.29, 1.82) is 0 Å². The minimum Gasteiger partial charge on any atom is -0.460 e. The monoisotopic (exact) mass is 302 g/mol. The second-order valence-electron chi connectivity index (χ2n) is 6.94. The molecule has 124 valence electrons. The van der Waals surface area contributed by atoms with Gasteiger partial charge in [-0.2, -0.15) is 0 Å². The summed E-state index contributed by atoms with van der Waals surface area (Å²) in [7, 11) is 0. The molecule has 0 spiro atoms. The van der Waals surface area contributed by atoms with Crippen LogP contribution in [0.1, 0.15) is 54.9 Å². The van der Waals surface area contributed by atoms with E-state index in [0.29, 0.717) is 13.1 Å². The quantitative estimate of drug-likeness (QED) is 0.593. The van der Waals surface area contributed by atoms with Gasteiger partial charge in [0.15, 0.2) is 6.17 Å². The molecule has 0 aliphatic heterocycles. The van der Waals surface area contributed by atoms with E-state index < -0.39 is 23.3 Å². The first-order valence-electron chi connectivity index (χ1n) is 7.30. The van der Waals surface area contributed by atoms with Gasteiger partial charge in [0, 0.05) is 6.54 Å². The minimum atomic E-state index is -0.878. The first-order chi connectivity index (χ1) is 9.35. The van der Waals surface area contributed by atoms with Crippen LogP contribution in [-0.2, 0) is 19.1 Å². The van der Waals surface area contributed by atoms with Crippen molar-refractivity contribution in [2.75, 3.05) is 13.1 Å². The third-order valence-corrected chi connectivity index (χ3v) is 2.47. The van der Waals surface area contributed by atoms with Gasteiger partial charge >= 0.3 is 11.9 Å². The Morgan fingerprint density at radius 2 is 1.52 bits per heavy atom. The van der Waals surface area contributed by atoms with Crippen molar-refractivity contribution >= 4 is 11.9 Å². The zero-order chi connectivity index (χ0) is 16.8. The normalized spacial score (nSPS) is 14.0. The fraction of sp³-hybridized carbons (Fsp3) is 0.867. The van der Waals surface area contributed by atoms with Crippen molar-refractivity contribution in [3.63, 3.8) is 0 Å². The second kappa shape index (κ2) is 7.75. The van der Waals surface area contributed by atoms with Gasteiger partial charge in [0.1, 0.15) is 11.2 Å². The highest BCUT2D eigenvalue weighted by Crippen LogP contribution is 2.11. The Balaban J connectivity index is 4.45. The lowest BCUT2D eigenvalue weighted by Crippen LogP contribution is -2.50. The fourth-order valence-corrected chi connectivity index (χ4v) is 1.63. The number of likely N-dealkylation sites (N-methyl/N-ethyl adjacent to an activating group) is 1. The fourth-order valence-electron chi connectivity index (χ4n) is 1.63. The molecule has 0 aliphatic rings. The maximum Gasteiger partial charge on any atom is 0.338 e. The molecule has 1 atom stereocenters. The maximum absolute atomic E-state index is 11.9. The average Bonchev–Trinajstić information content (AvgIpc) is 2.24. The van der Waals surface area contributed by atoms with Gasteiger partial charge in [0.25, 0.3) is 0 Å². The lowest BCUT2D eigenvalue weighted by atomic mass is 10.2. The number of nitrogens with two attached hydrogens (primary N) is 1. The van der Waals surface area contributed by atoms with Crippen LogP contribution in [0.25, 0.3) is 0 Å². The highest BCUT2D eigenvalue weighted by atomic mass is 16.6. The summed E-state index contributed by atoms with van der Waals surface area (Å²) in [6.45, 7) is 13.6. The van der Waals surface area contributed by atoms with Gasteiger partial charge in [-0.25, -0.2) is 4.79 Å². The van der Waals surface area contributed by atoms with Crippen molar-refractivity contribution in [3.8, 4) is 0 Å². The third-order valence-electron chi connectivity index (χ3n) is 2.47. The van der Waals surface area contributed by atoms with Crippen molar-refractivity contribution in [1.82, 2.24) is 4.90 Å². The van der Waals surface area contributed by atoms with Crippen molar-refractivity contribution in [3.05, 3.63) is 0 Å². The summed E-state index contributed by atoms with van der Waals surface area (Å²) >= 11 is 0. The molecule has 21 heavy (non-hydrogen) atoms. The molecule has 6 nitrogen and oxygen atoms in total. The molecule has 0 saturated carbocycles. The van der Waals surface area contributed by atoms with E-state index in [-0.39, 0.29) is 12.4 Å². The van der Waals surface area contributed by atoms with E-state index in [1.54, 1.807) is 25.7 Å². The lowest BCUT2D eigenvalue weighted by molar-refractivity contribution is -0.163. The smallest absolute Gasteiger partial charge is 0.338 e. The van der Waals surface area contributed by atoms with Gasteiger partial charge < -0.3 is 15.2 Å². The number of carbonyl (C=O) groups is 2. The largest absolute Gasteiger partial charge is 0.460 e. The van der Waals surface area contributed by atoms with Crippen LogP contribution < -0.4 is 5.73 Å². The molecule has 0 aromatic heterocycles. The molecule has 0 rings (SSSR count). The lowest BCUT2D eigenvalue weighted by Gasteiger charge is -2.29. The van der Waals surface area contributed by atoms with Crippen molar-refractivity contribution in [2.24, 2.45) is 5.73 Å². The summed E-state index contributed by atoms with van der Waals surface area (Å²) in [6.07, 6.45) is -0.696. The standard InChI is InChI=1S/C15H30N2O4/c1-8-17(10-9-11(18)20-14(2,3)4)12(16)13(19)21-15(5,6)7/h12H,8-10,16H2,1-7H3. The summed E-state index contributed by atoms with van der Waals surface area (Å²) in [6, 6.07) is 0. The van der Waals surface area contributed by atoms with E-state index in [1.165, 1.54) is 0 Å². The van der Waals surface area contributed by atoms with Crippen LogP contribution in [0.4, 0.5) is 0 Å². The maximum atomic E-state index is 11.9. The molecule has 0 amide bonds. The summed E-state index contributed by atoms with van der Waals surface area (Å²) < 4.78 is 10.5. The second-order valence-corrected chi connectivity index (χ2v) is 6.94. The van der Waals surface area contributed by atoms with E-state index >= 15 is 0 Å². The Bertz CT molecular complexity index is 356. The predicted octanol–water partition coefficient (Wildman–Crippen LogP) is 1.67. The molecule has 1 unspecified atom stereocenters. The molecule has 0 aliphatic carbocycles. The van der Waals surface area contributed by atoms with Crippen LogP contribution in [0.15, 0.2) is 0 Å². The Hall–Kier alpha value is -1.14. The van der Waals surface area contributed by atoms with E-state index in [0.717, 1.165) is 0 Å². The first kappa shape index (κ1) is 19.9. The van der Waals surface area contributed by atoms with Gasteiger partial charge in [-0.1, -0.05) is 6.92 Å². The molecule has 0 saturated heterocycles. The molecule has 0 fully saturated rings. The first-order valence-corrected chi connectivity index (χ1v) is 7.30. The van der Waals surface area contributed by atoms with Gasteiger partial charge in [-0.05, 0) is 48.1 Å². The predicted molar refractivity (Wildman–Crippen MR) is 81.5 cm³/mol. The van der Waals surface area contributed by atoms with Gasteiger partial charge in [0.05, 0.1) is 6.42 Å². The summed E-state index contributed by atoms with van der Waals surface area (Å²) in [5.41, 5.74) is 4.80. The van der Waals surface area contributed by atoms with Gasteiger partial charge in [-0.3, -0.25) is 9.69 Å². The zero-order valence-corrected chi connectivity index (χ0v) is 14.4. The Morgan fingerprint density at radius 1 is 1.05 bits per heavy atom. The van der Waals surface area contributed by atoms with Crippen LogP contribution >= 0.6 is 0 Å². The molecule has 0 heterocycles. The Kier molecular flexibility index (Phi) is 7.33. The number of nitrogens with zero attached hydrogens (tertiary/aromatic N) is 1. The topological polar surface area (TPSA) is 81.9 Å². The number of ether oxygens (including phenoxy) is 2. The minimum absolute atomic E-state index is 0.182. The highest BCUT2D eigenvalue weighted by molar-refractivity contribution is 5.75. The molecular weight excluding hydrogens is 272 g/mol.